The third kappa shape index (κ3) is 14.2. The van der Waals surface area contributed by atoms with E-state index in [1.807, 2.05) is 0 Å². The first-order valence-electron chi connectivity index (χ1n) is 8.61. The minimum absolute atomic E-state index is 0.0193. The van der Waals surface area contributed by atoms with E-state index in [0.717, 1.165) is 0 Å². The van der Waals surface area contributed by atoms with Crippen molar-refractivity contribution in [2.75, 3.05) is 5.73 Å². The largest absolute Gasteiger partial charge is 0.466 e. The molecule has 35 heavy (non-hydrogen) atoms. The zero-order valence-corrected chi connectivity index (χ0v) is 20.1. The lowest BCUT2D eigenvalue weighted by Gasteiger charge is -2.17. The number of aliphatic hydroxyl groups excluding tert-OH is 1. The Morgan fingerprint density at radius 3 is 1.89 bits per heavy atom. The van der Waals surface area contributed by atoms with Gasteiger partial charge >= 0.3 is 23.5 Å². The molecule has 2 aromatic rings. The fourth-order valence-electron chi connectivity index (χ4n) is 2.77. The van der Waals surface area contributed by atoms with Crippen molar-refractivity contribution in [1.82, 2.24) is 19.5 Å². The van der Waals surface area contributed by atoms with Crippen LogP contribution in [0.1, 0.15) is 25.8 Å². The lowest BCUT2D eigenvalue weighted by Crippen LogP contribution is -2.23. The van der Waals surface area contributed by atoms with Crippen LogP contribution in [-0.2, 0) is 13.7 Å². The van der Waals surface area contributed by atoms with Crippen LogP contribution in [0, 0.1) is 16.7 Å². The summed E-state index contributed by atoms with van der Waals surface area (Å²) < 4.78 is 28.4. The predicted octanol–water partition coefficient (Wildman–Crippen LogP) is -2.86. The van der Waals surface area contributed by atoms with Gasteiger partial charge in [0.25, 0.3) is 5.56 Å². The molecule has 0 amide bonds. The molecular formula is C12H23N6O14P3. The highest BCUT2D eigenvalue weighted by Crippen LogP contribution is 2.44. The molecule has 3 atom stereocenters. The molecule has 0 unspecified atom stereocenters. The van der Waals surface area contributed by atoms with E-state index in [-0.39, 0.29) is 17.5 Å². The van der Waals surface area contributed by atoms with Crippen LogP contribution in [0.25, 0.3) is 11.2 Å². The van der Waals surface area contributed by atoms with Gasteiger partial charge in [-0.1, -0.05) is 0 Å². The van der Waals surface area contributed by atoms with Crippen molar-refractivity contribution in [3.8, 4) is 6.07 Å². The van der Waals surface area contributed by atoms with Gasteiger partial charge in [-0.15, -0.1) is 0 Å². The Bertz CT molecular complexity index is 1170. The van der Waals surface area contributed by atoms with Gasteiger partial charge in [0.2, 0.25) is 5.95 Å². The van der Waals surface area contributed by atoms with E-state index in [0.29, 0.717) is 18.5 Å². The molecule has 23 heteroatoms. The number of hydrogen-bond donors (Lipinski definition) is 12. The molecule has 1 fully saturated rings. The maximum Gasteiger partial charge on any atom is 0.466 e. The van der Waals surface area contributed by atoms with Gasteiger partial charge in [0.05, 0.1) is 23.9 Å². The summed E-state index contributed by atoms with van der Waals surface area (Å²) in [4.78, 5) is 86.9. The normalized spacial score (nSPS) is 22.0. The smallest absolute Gasteiger partial charge is 0.391 e. The van der Waals surface area contributed by atoms with Crippen molar-refractivity contribution in [1.29, 1.82) is 5.26 Å². The molecule has 0 radical (unpaired) electrons. The Kier molecular flexibility index (Phi) is 11.5. The summed E-state index contributed by atoms with van der Waals surface area (Å²) in [7, 11) is -13.9. The molecule has 2 aromatic heterocycles. The number of imidazole rings is 1. The number of rotatable bonds is 1. The van der Waals surface area contributed by atoms with Gasteiger partial charge in [0.15, 0.2) is 11.2 Å². The van der Waals surface area contributed by atoms with Crippen molar-refractivity contribution in [2.45, 2.75) is 31.9 Å². The van der Waals surface area contributed by atoms with Crippen LogP contribution in [0.5, 0.6) is 0 Å². The predicted molar refractivity (Wildman–Crippen MR) is 113 cm³/mol. The van der Waals surface area contributed by atoms with Gasteiger partial charge in [-0.3, -0.25) is 9.78 Å². The van der Waals surface area contributed by atoms with Crippen molar-refractivity contribution < 1.29 is 62.8 Å². The lowest BCUT2D eigenvalue weighted by atomic mass is 9.88. The SMILES string of the molecule is C[C@@]1(C#N)C[C@@H](n2cnc3c(=O)[nH]c(N)nc32)C[C@@H]1O.O=P(O)(O)O.O=P(O)(O)O.O=P(O)(O)O. The second-order valence-corrected chi connectivity index (χ2v) is 10.0. The Morgan fingerprint density at radius 2 is 1.51 bits per heavy atom. The lowest BCUT2D eigenvalue weighted by molar-refractivity contribution is 0.103. The molecule has 1 aliphatic carbocycles. The van der Waals surface area contributed by atoms with E-state index in [1.165, 1.54) is 6.33 Å². The van der Waals surface area contributed by atoms with Gasteiger partial charge in [0, 0.05) is 6.04 Å². The van der Waals surface area contributed by atoms with Crippen LogP contribution in [0.3, 0.4) is 0 Å². The van der Waals surface area contributed by atoms with Crippen LogP contribution in [0.15, 0.2) is 11.1 Å². The average Bonchev–Trinajstić information content (AvgIpc) is 3.12. The summed E-state index contributed by atoms with van der Waals surface area (Å²) >= 11 is 0. The number of aromatic amines is 1. The summed E-state index contributed by atoms with van der Waals surface area (Å²) in [5, 5.41) is 19.2. The maximum atomic E-state index is 11.7. The number of hydrogen-bond acceptors (Lipinski definition) is 9. The molecule has 200 valence electrons. The summed E-state index contributed by atoms with van der Waals surface area (Å²) in [5.74, 6) is 0.0193. The van der Waals surface area contributed by atoms with E-state index in [4.69, 9.17) is 63.5 Å². The van der Waals surface area contributed by atoms with Crippen LogP contribution < -0.4 is 11.3 Å². The molecule has 0 spiro atoms. The van der Waals surface area contributed by atoms with Gasteiger partial charge in [-0.05, 0) is 19.8 Å². The first-order chi connectivity index (χ1) is 15.4. The van der Waals surface area contributed by atoms with Crippen molar-refractivity contribution in [2.24, 2.45) is 5.41 Å². The molecule has 13 N–H and O–H groups in total. The number of anilines is 1. The minimum Gasteiger partial charge on any atom is -0.391 e. The average molecular weight is 568 g/mol. The van der Waals surface area contributed by atoms with Crippen LogP contribution in [-0.4, -0.2) is 74.8 Å². The zero-order valence-electron chi connectivity index (χ0n) is 17.5. The van der Waals surface area contributed by atoms with Gasteiger partial charge in [0.1, 0.15) is 0 Å². The number of phosphoric acid groups is 3. The van der Waals surface area contributed by atoms with E-state index in [1.54, 1.807) is 11.5 Å². The number of aliphatic hydroxyl groups is 1. The fraction of sp³-hybridized carbons (Fsp3) is 0.500. The topological polar surface area (TPSA) is 367 Å². The number of fused-ring (bicyclic) bond motifs is 1. The van der Waals surface area contributed by atoms with Gasteiger partial charge in [-0.2, -0.15) is 10.2 Å². The van der Waals surface area contributed by atoms with Crippen molar-refractivity contribution in [3.05, 3.63) is 16.7 Å². The Balaban J connectivity index is 0.000000635. The molecule has 3 rings (SSSR count). The monoisotopic (exact) mass is 568 g/mol. The highest BCUT2D eigenvalue weighted by atomic mass is 31.2. The third-order valence-corrected chi connectivity index (χ3v) is 3.99. The maximum absolute atomic E-state index is 11.7. The highest BCUT2D eigenvalue weighted by molar-refractivity contribution is 7.45. The van der Waals surface area contributed by atoms with E-state index >= 15 is 0 Å². The highest BCUT2D eigenvalue weighted by Gasteiger charge is 2.44. The number of nitriles is 1. The van der Waals surface area contributed by atoms with Gasteiger partial charge in [-0.25, -0.2) is 18.7 Å². The molecule has 0 aromatic carbocycles. The van der Waals surface area contributed by atoms with Crippen molar-refractivity contribution >= 4 is 40.6 Å². The van der Waals surface area contributed by atoms with Crippen molar-refractivity contribution in [3.63, 3.8) is 0 Å². The number of nitrogens with one attached hydrogen (secondary N) is 1. The Labute approximate surface area is 194 Å². The minimum atomic E-state index is -4.64. The second kappa shape index (κ2) is 12.3. The number of nitrogens with zero attached hydrogens (tertiary/aromatic N) is 4. The first-order valence-corrected chi connectivity index (χ1v) is 13.3. The van der Waals surface area contributed by atoms with E-state index < -0.39 is 40.5 Å². The zero-order chi connectivity index (χ0) is 28.0. The second-order valence-electron chi connectivity index (χ2n) is 6.95. The van der Waals surface area contributed by atoms with E-state index in [9.17, 15) is 15.2 Å². The number of nitrogens with two attached hydrogens (primary N) is 1. The standard InChI is InChI=1S/C12H14N6O2.3H3O4P/c1-12(4-13)3-6(2-7(12)19)18-5-15-8-9(18)16-11(14)17-10(8)20;3*1-5(2,3)4/h5-7,19H,2-3H2,1H3,(H3,14,16,17,20);3*(H3,1,2,3,4)/t6-,7-,12-;;;/m0.../s1. The molecule has 0 aliphatic heterocycles. The van der Waals surface area contributed by atoms with Crippen LogP contribution in [0.4, 0.5) is 5.95 Å². The molecule has 0 bridgehead atoms. The summed E-state index contributed by atoms with van der Waals surface area (Å²) in [6.45, 7) is 1.73. The summed E-state index contributed by atoms with van der Waals surface area (Å²) in [6, 6.07) is 2.02. The molecule has 1 saturated carbocycles. The van der Waals surface area contributed by atoms with Crippen LogP contribution in [0.2, 0.25) is 0 Å². The number of H-pyrrole nitrogens is 1. The first kappa shape index (κ1) is 32.9. The summed E-state index contributed by atoms with van der Waals surface area (Å²) in [6.07, 6.45) is 1.69. The third-order valence-electron chi connectivity index (χ3n) is 3.99. The van der Waals surface area contributed by atoms with Gasteiger partial charge < -0.3 is 59.4 Å². The molecule has 0 saturated heterocycles. The van der Waals surface area contributed by atoms with E-state index in [2.05, 4.69) is 21.0 Å². The fourth-order valence-corrected chi connectivity index (χ4v) is 2.77. The molecule has 1 aliphatic rings. The quantitative estimate of drug-likeness (QED) is 0.154. The Morgan fingerprint density at radius 1 is 1.09 bits per heavy atom. The van der Waals surface area contributed by atoms with Crippen LogP contribution >= 0.6 is 23.5 Å². The number of nitrogen functional groups attached to an aromatic ring is 1. The summed E-state index contributed by atoms with van der Waals surface area (Å²) in [5.41, 5.74) is 4.94. The Hall–Kier alpha value is -2.07. The molecular weight excluding hydrogens is 545 g/mol. The molecule has 2 heterocycles. The molecule has 20 nitrogen and oxygen atoms in total. The number of aromatic nitrogens is 4.